The van der Waals surface area contributed by atoms with Gasteiger partial charge in [0, 0.05) is 18.0 Å². The molecule has 0 radical (unpaired) electrons. The number of benzene rings is 1. The lowest BCUT2D eigenvalue weighted by atomic mass is 10.2. The number of likely N-dealkylation sites (tertiary alicyclic amines) is 1. The molecule has 0 saturated carbocycles. The molecule has 2 atom stereocenters. The zero-order valence-electron chi connectivity index (χ0n) is 10.2. The fraction of sp³-hybridized carbons (Fsp3) is 0.333. The predicted molar refractivity (Wildman–Crippen MR) is 74.2 cm³/mol. The third kappa shape index (κ3) is 3.15. The van der Waals surface area contributed by atoms with Crippen molar-refractivity contribution in [3.05, 3.63) is 28.2 Å². The van der Waals surface area contributed by atoms with E-state index in [1.807, 2.05) is 0 Å². The fourth-order valence-corrected chi connectivity index (χ4v) is 2.39. The Labute approximate surface area is 124 Å². The van der Waals surface area contributed by atoms with Crippen molar-refractivity contribution in [1.82, 2.24) is 4.90 Å². The van der Waals surface area contributed by atoms with Crippen molar-refractivity contribution in [1.29, 1.82) is 0 Å². The van der Waals surface area contributed by atoms with Gasteiger partial charge in [-0.3, -0.25) is 0 Å². The number of nitrogens with zero attached hydrogens (tertiary/aromatic N) is 1. The van der Waals surface area contributed by atoms with Crippen molar-refractivity contribution in [3.8, 4) is 0 Å². The maximum absolute atomic E-state index is 12.1. The first-order chi connectivity index (χ1) is 9.38. The standard InChI is InChI=1S/C12H12Cl2N2O4/c13-6-1-2-8(14)9(3-6)15-12(20)16-5-7(17)4-10(16)11(18)19/h1-3,7,10,17H,4-5H2,(H,15,20)(H,18,19). The molecule has 0 aromatic heterocycles. The molecule has 108 valence electrons. The Bertz CT molecular complexity index is 552. The van der Waals surface area contributed by atoms with Gasteiger partial charge in [0.25, 0.3) is 0 Å². The molecule has 3 N–H and O–H groups in total. The average molecular weight is 319 g/mol. The van der Waals surface area contributed by atoms with E-state index in [4.69, 9.17) is 28.3 Å². The van der Waals surface area contributed by atoms with E-state index in [0.29, 0.717) is 5.02 Å². The first-order valence-electron chi connectivity index (χ1n) is 5.82. The van der Waals surface area contributed by atoms with Crippen molar-refractivity contribution < 1.29 is 19.8 Å². The van der Waals surface area contributed by atoms with E-state index in [1.54, 1.807) is 6.07 Å². The molecule has 0 bridgehead atoms. The number of nitrogens with one attached hydrogen (secondary N) is 1. The Hall–Kier alpha value is -1.50. The molecule has 1 fully saturated rings. The van der Waals surface area contributed by atoms with Crippen molar-refractivity contribution in [2.75, 3.05) is 11.9 Å². The third-order valence-corrected chi connectivity index (χ3v) is 3.56. The zero-order chi connectivity index (χ0) is 14.9. The number of rotatable bonds is 2. The predicted octanol–water partition coefficient (Wildman–Crippen LogP) is 2.05. The van der Waals surface area contributed by atoms with Crippen LogP contribution in [0.4, 0.5) is 10.5 Å². The number of carboxylic acid groups (broad SMARTS) is 1. The van der Waals surface area contributed by atoms with Crippen LogP contribution >= 0.6 is 23.2 Å². The number of anilines is 1. The Balaban J connectivity index is 2.15. The van der Waals surface area contributed by atoms with Gasteiger partial charge in [0.15, 0.2) is 0 Å². The summed E-state index contributed by atoms with van der Waals surface area (Å²) in [6.07, 6.45) is -0.844. The van der Waals surface area contributed by atoms with Gasteiger partial charge in [-0.15, -0.1) is 0 Å². The summed E-state index contributed by atoms with van der Waals surface area (Å²) in [6, 6.07) is 2.86. The molecule has 0 aliphatic carbocycles. The fourth-order valence-electron chi connectivity index (χ4n) is 2.05. The Morgan fingerprint density at radius 3 is 2.70 bits per heavy atom. The SMILES string of the molecule is O=C(O)C1CC(O)CN1C(=O)Nc1cc(Cl)ccc1Cl. The van der Waals surface area contributed by atoms with Crippen LogP contribution < -0.4 is 5.32 Å². The molecule has 6 nitrogen and oxygen atoms in total. The molecule has 1 aromatic carbocycles. The second kappa shape index (κ2) is 5.87. The molecule has 8 heteroatoms. The van der Waals surface area contributed by atoms with Crippen molar-refractivity contribution in [2.24, 2.45) is 0 Å². The number of urea groups is 1. The largest absolute Gasteiger partial charge is 0.480 e. The summed E-state index contributed by atoms with van der Waals surface area (Å²) in [5, 5.41) is 21.7. The van der Waals surface area contributed by atoms with Gasteiger partial charge >= 0.3 is 12.0 Å². The summed E-state index contributed by atoms with van der Waals surface area (Å²) in [4.78, 5) is 24.2. The van der Waals surface area contributed by atoms with E-state index in [-0.39, 0.29) is 23.7 Å². The van der Waals surface area contributed by atoms with Gasteiger partial charge in [-0.2, -0.15) is 0 Å². The summed E-state index contributed by atoms with van der Waals surface area (Å²) < 4.78 is 0. The van der Waals surface area contributed by atoms with Crippen LogP contribution in [-0.4, -0.2) is 45.8 Å². The molecule has 1 aliphatic rings. The van der Waals surface area contributed by atoms with Crippen LogP contribution in [0.3, 0.4) is 0 Å². The molecule has 1 heterocycles. The molecule has 2 unspecified atom stereocenters. The lowest BCUT2D eigenvalue weighted by Gasteiger charge is -2.21. The molecular formula is C12H12Cl2N2O4. The summed E-state index contributed by atoms with van der Waals surface area (Å²) >= 11 is 11.7. The number of halogens is 2. The van der Waals surface area contributed by atoms with Gasteiger partial charge in [-0.25, -0.2) is 9.59 Å². The quantitative estimate of drug-likeness (QED) is 0.778. The minimum atomic E-state index is -1.16. The topological polar surface area (TPSA) is 89.9 Å². The van der Waals surface area contributed by atoms with Crippen LogP contribution in [0.25, 0.3) is 0 Å². The Morgan fingerprint density at radius 1 is 1.35 bits per heavy atom. The molecule has 1 aromatic rings. The molecule has 2 rings (SSSR count). The van der Waals surface area contributed by atoms with Gasteiger partial charge in [-0.05, 0) is 18.2 Å². The van der Waals surface area contributed by atoms with E-state index in [9.17, 15) is 14.7 Å². The lowest BCUT2D eigenvalue weighted by molar-refractivity contribution is -0.141. The van der Waals surface area contributed by atoms with E-state index >= 15 is 0 Å². The van der Waals surface area contributed by atoms with Crippen molar-refractivity contribution in [3.63, 3.8) is 0 Å². The van der Waals surface area contributed by atoms with E-state index in [2.05, 4.69) is 5.32 Å². The number of hydrogen-bond acceptors (Lipinski definition) is 3. The van der Waals surface area contributed by atoms with Gasteiger partial charge in [0.1, 0.15) is 6.04 Å². The molecular weight excluding hydrogens is 307 g/mol. The van der Waals surface area contributed by atoms with Crippen molar-refractivity contribution in [2.45, 2.75) is 18.6 Å². The van der Waals surface area contributed by atoms with Gasteiger partial charge in [0.2, 0.25) is 0 Å². The van der Waals surface area contributed by atoms with Crippen LogP contribution in [0.5, 0.6) is 0 Å². The van der Waals surface area contributed by atoms with Crippen molar-refractivity contribution >= 4 is 40.9 Å². The Kier molecular flexibility index (Phi) is 4.37. The van der Waals surface area contributed by atoms with E-state index in [0.717, 1.165) is 4.90 Å². The Morgan fingerprint density at radius 2 is 2.05 bits per heavy atom. The van der Waals surface area contributed by atoms with Gasteiger partial charge in [-0.1, -0.05) is 23.2 Å². The second-order valence-corrected chi connectivity index (χ2v) is 5.29. The monoisotopic (exact) mass is 318 g/mol. The molecule has 0 spiro atoms. The number of carbonyl (C=O) groups is 2. The zero-order valence-corrected chi connectivity index (χ0v) is 11.7. The lowest BCUT2D eigenvalue weighted by Crippen LogP contribution is -2.43. The number of hydrogen-bond donors (Lipinski definition) is 3. The normalized spacial score (nSPS) is 21.9. The third-order valence-electron chi connectivity index (χ3n) is 2.99. The highest BCUT2D eigenvalue weighted by atomic mass is 35.5. The van der Waals surface area contributed by atoms with Crippen LogP contribution in [0.15, 0.2) is 18.2 Å². The average Bonchev–Trinajstić information content (AvgIpc) is 2.76. The van der Waals surface area contributed by atoms with Gasteiger partial charge in [0.05, 0.1) is 16.8 Å². The van der Waals surface area contributed by atoms with E-state index < -0.39 is 24.1 Å². The minimum absolute atomic E-state index is 0.00598. The summed E-state index contributed by atoms with van der Waals surface area (Å²) in [7, 11) is 0. The summed E-state index contributed by atoms with van der Waals surface area (Å²) in [5.74, 6) is -1.16. The number of aliphatic carboxylic acids is 1. The highest BCUT2D eigenvalue weighted by Gasteiger charge is 2.39. The first-order valence-corrected chi connectivity index (χ1v) is 6.57. The highest BCUT2D eigenvalue weighted by molar-refractivity contribution is 6.35. The van der Waals surface area contributed by atoms with Gasteiger partial charge < -0.3 is 20.4 Å². The number of aliphatic hydroxyl groups excluding tert-OH is 1. The van der Waals surface area contributed by atoms with Crippen LogP contribution in [-0.2, 0) is 4.79 Å². The molecule has 2 amide bonds. The van der Waals surface area contributed by atoms with Crippen LogP contribution in [0.2, 0.25) is 10.0 Å². The smallest absolute Gasteiger partial charge is 0.326 e. The number of carboxylic acids is 1. The summed E-state index contributed by atoms with van der Waals surface area (Å²) in [5.41, 5.74) is 0.287. The molecule has 1 aliphatic heterocycles. The first kappa shape index (κ1) is 14.9. The maximum Gasteiger partial charge on any atom is 0.326 e. The minimum Gasteiger partial charge on any atom is -0.480 e. The van der Waals surface area contributed by atoms with Crippen LogP contribution in [0, 0.1) is 0 Å². The number of β-amino-alcohol motifs (C(OH)–C–C–N with tert-alkyl or cyclic N) is 1. The second-order valence-electron chi connectivity index (χ2n) is 4.45. The number of carbonyl (C=O) groups excluding carboxylic acids is 1. The maximum atomic E-state index is 12.1. The highest BCUT2D eigenvalue weighted by Crippen LogP contribution is 2.27. The molecule has 20 heavy (non-hydrogen) atoms. The number of amides is 2. The molecule has 1 saturated heterocycles. The van der Waals surface area contributed by atoms with E-state index in [1.165, 1.54) is 12.1 Å². The number of aliphatic hydroxyl groups is 1. The summed E-state index contributed by atoms with van der Waals surface area (Å²) in [6.45, 7) is -0.0407. The van der Waals surface area contributed by atoms with Crippen LogP contribution in [0.1, 0.15) is 6.42 Å².